The predicted octanol–water partition coefficient (Wildman–Crippen LogP) is 2.33. The largest absolute Gasteiger partial charge is 0.372 e. The summed E-state index contributed by atoms with van der Waals surface area (Å²) in [7, 11) is 0. The number of morpholine rings is 1. The summed E-state index contributed by atoms with van der Waals surface area (Å²) >= 11 is 0. The first-order valence-corrected chi connectivity index (χ1v) is 6.90. The van der Waals surface area contributed by atoms with Gasteiger partial charge in [-0.3, -0.25) is 0 Å². The molecule has 3 atom stereocenters. The Labute approximate surface area is 114 Å². The molecular weight excluding hydrogens is 243 g/mol. The van der Waals surface area contributed by atoms with Crippen molar-refractivity contribution >= 4 is 5.69 Å². The van der Waals surface area contributed by atoms with Gasteiger partial charge in [0.25, 0.3) is 0 Å². The lowest BCUT2D eigenvalue weighted by atomic mass is 10.1. The molecule has 1 heterocycles. The number of halogens is 1. The Bertz CT molecular complexity index is 426. The van der Waals surface area contributed by atoms with E-state index in [9.17, 15) is 4.39 Å². The van der Waals surface area contributed by atoms with Gasteiger partial charge in [-0.15, -0.1) is 0 Å². The Kier molecular flexibility index (Phi) is 4.42. The van der Waals surface area contributed by atoms with E-state index in [-0.39, 0.29) is 24.1 Å². The lowest BCUT2D eigenvalue weighted by Crippen LogP contribution is -2.45. The molecule has 2 rings (SSSR count). The van der Waals surface area contributed by atoms with Crippen LogP contribution in [0.5, 0.6) is 0 Å². The highest BCUT2D eigenvalue weighted by Gasteiger charge is 2.24. The molecule has 0 radical (unpaired) electrons. The second-order valence-corrected chi connectivity index (χ2v) is 5.63. The van der Waals surface area contributed by atoms with E-state index in [1.165, 1.54) is 0 Å². The predicted molar refractivity (Wildman–Crippen MR) is 76.0 cm³/mol. The van der Waals surface area contributed by atoms with Gasteiger partial charge in [-0.25, -0.2) is 4.39 Å². The summed E-state index contributed by atoms with van der Waals surface area (Å²) in [5.41, 5.74) is 7.35. The summed E-state index contributed by atoms with van der Waals surface area (Å²) in [6.07, 6.45) is 0.964. The molecule has 3 nitrogen and oxygen atoms in total. The lowest BCUT2D eigenvalue weighted by molar-refractivity contribution is -0.00539. The van der Waals surface area contributed by atoms with Crippen LogP contribution in [-0.4, -0.2) is 31.3 Å². The second kappa shape index (κ2) is 5.88. The van der Waals surface area contributed by atoms with Crippen molar-refractivity contribution in [1.29, 1.82) is 0 Å². The molecule has 4 heteroatoms. The quantitative estimate of drug-likeness (QED) is 0.912. The van der Waals surface area contributed by atoms with Crippen LogP contribution in [0.3, 0.4) is 0 Å². The third kappa shape index (κ3) is 3.67. The summed E-state index contributed by atoms with van der Waals surface area (Å²) in [4.78, 5) is 2.06. The van der Waals surface area contributed by atoms with E-state index in [1.807, 2.05) is 32.9 Å². The summed E-state index contributed by atoms with van der Waals surface area (Å²) < 4.78 is 19.9. The summed E-state index contributed by atoms with van der Waals surface area (Å²) in [5.74, 6) is -0.167. The van der Waals surface area contributed by atoms with E-state index in [0.29, 0.717) is 12.1 Å². The van der Waals surface area contributed by atoms with Crippen LogP contribution in [0.15, 0.2) is 18.2 Å². The van der Waals surface area contributed by atoms with Crippen LogP contribution in [0, 0.1) is 5.82 Å². The smallest absolute Gasteiger partial charge is 0.146 e. The van der Waals surface area contributed by atoms with Gasteiger partial charge >= 0.3 is 0 Å². The third-order valence-electron chi connectivity index (χ3n) is 3.33. The minimum Gasteiger partial charge on any atom is -0.372 e. The molecule has 0 amide bonds. The number of anilines is 1. The van der Waals surface area contributed by atoms with Crippen molar-refractivity contribution in [3.8, 4) is 0 Å². The van der Waals surface area contributed by atoms with Crippen molar-refractivity contribution in [2.75, 3.05) is 18.0 Å². The first-order chi connectivity index (χ1) is 8.95. The van der Waals surface area contributed by atoms with Gasteiger partial charge in [0.2, 0.25) is 0 Å². The first kappa shape index (κ1) is 14.3. The van der Waals surface area contributed by atoms with Crippen molar-refractivity contribution in [3.05, 3.63) is 29.6 Å². The maximum Gasteiger partial charge on any atom is 0.146 e. The van der Waals surface area contributed by atoms with Crippen LogP contribution in [0.25, 0.3) is 0 Å². The third-order valence-corrected chi connectivity index (χ3v) is 3.33. The highest BCUT2D eigenvalue weighted by molar-refractivity contribution is 5.50. The molecule has 0 saturated carbocycles. The van der Waals surface area contributed by atoms with Gasteiger partial charge in [0.05, 0.1) is 17.9 Å². The summed E-state index contributed by atoms with van der Waals surface area (Å²) in [6.45, 7) is 7.43. The topological polar surface area (TPSA) is 38.5 Å². The first-order valence-electron chi connectivity index (χ1n) is 6.90. The SMILES string of the molecule is CC(N)Cc1ccc(N2CC(C)OC(C)C2)c(F)c1. The van der Waals surface area contributed by atoms with Crippen molar-refractivity contribution in [1.82, 2.24) is 0 Å². The molecule has 1 aliphatic heterocycles. The monoisotopic (exact) mass is 266 g/mol. The van der Waals surface area contributed by atoms with Gasteiger partial charge < -0.3 is 15.4 Å². The molecular formula is C15H23FN2O. The van der Waals surface area contributed by atoms with Gasteiger partial charge in [0, 0.05) is 19.1 Å². The van der Waals surface area contributed by atoms with Crippen molar-refractivity contribution in [3.63, 3.8) is 0 Å². The fourth-order valence-electron chi connectivity index (χ4n) is 2.68. The van der Waals surface area contributed by atoms with Gasteiger partial charge in [-0.05, 0) is 44.9 Å². The zero-order valence-electron chi connectivity index (χ0n) is 11.9. The van der Waals surface area contributed by atoms with Crippen molar-refractivity contribution in [2.45, 2.75) is 45.4 Å². The normalized spacial score (nSPS) is 25.4. The maximum atomic E-state index is 14.2. The highest BCUT2D eigenvalue weighted by Crippen LogP contribution is 2.24. The molecule has 0 spiro atoms. The molecule has 1 aromatic rings. The van der Waals surface area contributed by atoms with Crippen LogP contribution >= 0.6 is 0 Å². The second-order valence-electron chi connectivity index (χ2n) is 5.63. The van der Waals surface area contributed by atoms with Crippen molar-refractivity contribution in [2.24, 2.45) is 5.73 Å². The number of benzene rings is 1. The average Bonchev–Trinajstić information content (AvgIpc) is 2.26. The van der Waals surface area contributed by atoms with Gasteiger partial charge in [-0.2, -0.15) is 0 Å². The number of nitrogens with two attached hydrogens (primary N) is 1. The molecule has 0 bridgehead atoms. The molecule has 1 fully saturated rings. The van der Waals surface area contributed by atoms with Gasteiger partial charge in [-0.1, -0.05) is 6.07 Å². The Balaban J connectivity index is 2.16. The number of rotatable bonds is 3. The Morgan fingerprint density at radius 2 is 2.00 bits per heavy atom. The number of nitrogens with zero attached hydrogens (tertiary/aromatic N) is 1. The zero-order valence-corrected chi connectivity index (χ0v) is 11.9. The Hall–Kier alpha value is -1.13. The van der Waals surface area contributed by atoms with E-state index in [0.717, 1.165) is 18.7 Å². The van der Waals surface area contributed by atoms with Gasteiger partial charge in [0.1, 0.15) is 5.82 Å². The number of hydrogen-bond donors (Lipinski definition) is 1. The fraction of sp³-hybridized carbons (Fsp3) is 0.600. The molecule has 19 heavy (non-hydrogen) atoms. The molecule has 0 aliphatic carbocycles. The minimum absolute atomic E-state index is 0.0497. The molecule has 1 saturated heterocycles. The molecule has 3 unspecified atom stereocenters. The summed E-state index contributed by atoms with van der Waals surface area (Å²) in [6, 6.07) is 5.47. The van der Waals surface area contributed by atoms with Crippen LogP contribution in [0.2, 0.25) is 0 Å². The standard InChI is InChI=1S/C15H23FN2O/c1-10(17)6-13-4-5-15(14(16)7-13)18-8-11(2)19-12(3)9-18/h4-5,7,10-12H,6,8-9,17H2,1-3H3. The number of ether oxygens (including phenoxy) is 1. The molecule has 1 aromatic carbocycles. The Morgan fingerprint density at radius 3 is 2.53 bits per heavy atom. The van der Waals surface area contributed by atoms with Gasteiger partial charge in [0.15, 0.2) is 0 Å². The highest BCUT2D eigenvalue weighted by atomic mass is 19.1. The van der Waals surface area contributed by atoms with E-state index in [2.05, 4.69) is 4.90 Å². The lowest BCUT2D eigenvalue weighted by Gasteiger charge is -2.37. The molecule has 106 valence electrons. The zero-order chi connectivity index (χ0) is 14.0. The van der Waals surface area contributed by atoms with E-state index in [4.69, 9.17) is 10.5 Å². The summed E-state index contributed by atoms with van der Waals surface area (Å²) in [5, 5.41) is 0. The van der Waals surface area contributed by atoms with Crippen LogP contribution in [0.4, 0.5) is 10.1 Å². The average molecular weight is 266 g/mol. The van der Waals surface area contributed by atoms with E-state index >= 15 is 0 Å². The van der Waals surface area contributed by atoms with Crippen LogP contribution in [0.1, 0.15) is 26.3 Å². The van der Waals surface area contributed by atoms with Crippen molar-refractivity contribution < 1.29 is 9.13 Å². The molecule has 2 N–H and O–H groups in total. The molecule has 1 aliphatic rings. The maximum absolute atomic E-state index is 14.2. The molecule has 0 aromatic heterocycles. The van der Waals surface area contributed by atoms with E-state index < -0.39 is 0 Å². The fourth-order valence-corrected chi connectivity index (χ4v) is 2.68. The number of hydrogen-bond acceptors (Lipinski definition) is 3. The van der Waals surface area contributed by atoms with Crippen LogP contribution in [-0.2, 0) is 11.2 Å². The van der Waals surface area contributed by atoms with Crippen LogP contribution < -0.4 is 10.6 Å². The van der Waals surface area contributed by atoms with E-state index in [1.54, 1.807) is 6.07 Å². The Morgan fingerprint density at radius 1 is 1.37 bits per heavy atom. The minimum atomic E-state index is -0.167.